The topological polar surface area (TPSA) is 70.1 Å². The van der Waals surface area contributed by atoms with Crippen LogP contribution in [-0.4, -0.2) is 41.2 Å². The van der Waals surface area contributed by atoms with Gasteiger partial charge in [0.15, 0.2) is 0 Å². The van der Waals surface area contributed by atoms with Crippen molar-refractivity contribution < 1.29 is 4.74 Å². The van der Waals surface area contributed by atoms with Crippen LogP contribution in [0.25, 0.3) is 0 Å². The minimum atomic E-state index is -0.335. The zero-order valence-electron chi connectivity index (χ0n) is 13.8. The van der Waals surface area contributed by atoms with Crippen LogP contribution >= 0.6 is 11.8 Å². The summed E-state index contributed by atoms with van der Waals surface area (Å²) in [6.07, 6.45) is 6.08. The zero-order chi connectivity index (χ0) is 16.8. The third-order valence-corrected chi connectivity index (χ3v) is 5.30. The summed E-state index contributed by atoms with van der Waals surface area (Å²) >= 11 is 1.68. The van der Waals surface area contributed by atoms with Gasteiger partial charge in [-0.1, -0.05) is 25.7 Å². The summed E-state index contributed by atoms with van der Waals surface area (Å²) in [6, 6.07) is 2.74. The third-order valence-electron chi connectivity index (χ3n) is 3.93. The molecule has 0 aliphatic carbocycles. The number of aliphatic imine (C=N–C) groups is 3. The van der Waals surface area contributed by atoms with Crippen molar-refractivity contribution in [2.24, 2.45) is 20.9 Å². The van der Waals surface area contributed by atoms with Gasteiger partial charge in [0.2, 0.25) is 0 Å². The number of hydrogen-bond donors (Lipinski definition) is 0. The lowest BCUT2D eigenvalue weighted by Crippen LogP contribution is -2.28. The molecule has 2 aliphatic heterocycles. The van der Waals surface area contributed by atoms with Gasteiger partial charge in [0.1, 0.15) is 12.5 Å². The Morgan fingerprint density at radius 3 is 2.91 bits per heavy atom. The maximum Gasteiger partial charge on any atom is 0.311 e. The van der Waals surface area contributed by atoms with Crippen LogP contribution in [0.1, 0.15) is 27.2 Å². The van der Waals surface area contributed by atoms with Crippen molar-refractivity contribution in [1.82, 2.24) is 0 Å². The monoisotopic (exact) mass is 330 g/mol. The van der Waals surface area contributed by atoms with Crippen LogP contribution in [0, 0.1) is 17.2 Å². The van der Waals surface area contributed by atoms with Gasteiger partial charge in [-0.05, 0) is 19.4 Å². The zero-order valence-corrected chi connectivity index (χ0v) is 14.6. The Balaban J connectivity index is 2.07. The largest absolute Gasteiger partial charge is 0.459 e. The molecule has 0 radical (unpaired) electrons. The minimum absolute atomic E-state index is 0.186. The van der Waals surface area contributed by atoms with Crippen LogP contribution in [0.4, 0.5) is 0 Å². The first-order valence-electron chi connectivity index (χ1n) is 7.73. The molecule has 0 aromatic rings. The Morgan fingerprint density at radius 1 is 1.57 bits per heavy atom. The van der Waals surface area contributed by atoms with E-state index in [1.807, 2.05) is 13.0 Å². The normalized spacial score (nSPS) is 28.6. The van der Waals surface area contributed by atoms with Crippen molar-refractivity contribution in [3.05, 3.63) is 24.3 Å². The van der Waals surface area contributed by atoms with Gasteiger partial charge in [0.25, 0.3) is 0 Å². The maximum atomic E-state index is 9.57. The second kappa shape index (κ2) is 8.11. The van der Waals surface area contributed by atoms with Crippen LogP contribution < -0.4 is 0 Å². The summed E-state index contributed by atoms with van der Waals surface area (Å²) in [4.78, 5) is 13.3. The van der Waals surface area contributed by atoms with Crippen LogP contribution in [-0.2, 0) is 4.74 Å². The predicted octanol–water partition coefficient (Wildman–Crippen LogP) is 3.40. The Bertz CT molecular complexity index is 615. The van der Waals surface area contributed by atoms with E-state index in [0.29, 0.717) is 24.3 Å². The van der Waals surface area contributed by atoms with Crippen molar-refractivity contribution in [3.8, 4) is 6.07 Å². The molecule has 0 bridgehead atoms. The van der Waals surface area contributed by atoms with Crippen molar-refractivity contribution in [2.45, 2.75) is 44.5 Å². The first-order chi connectivity index (χ1) is 11.1. The van der Waals surface area contributed by atoms with Gasteiger partial charge in [-0.25, -0.2) is 9.98 Å². The van der Waals surface area contributed by atoms with E-state index in [1.165, 1.54) is 0 Å². The number of rotatable bonds is 5. The lowest BCUT2D eigenvalue weighted by molar-refractivity contribution is 0.331. The molecule has 4 atom stereocenters. The van der Waals surface area contributed by atoms with Gasteiger partial charge in [-0.3, -0.25) is 4.99 Å². The standard InChI is InChI=1S/C17H22N4OS/c1-5-13(6-2)10-22-17-19-8-7-15(21-17)14(9-18)16-20-11(3)12(4)23-16/h5-6,8,11-12,14-15H,1,7,10H2,2-4H3. The summed E-state index contributed by atoms with van der Waals surface area (Å²) in [5.41, 5.74) is 0.972. The fourth-order valence-electron chi connectivity index (χ4n) is 2.24. The predicted molar refractivity (Wildman–Crippen MR) is 97.3 cm³/mol. The first kappa shape index (κ1) is 17.5. The molecular formula is C17H22N4OS. The minimum Gasteiger partial charge on any atom is -0.459 e. The third kappa shape index (κ3) is 4.32. The molecule has 0 N–H and O–H groups in total. The molecule has 0 saturated carbocycles. The van der Waals surface area contributed by atoms with Crippen LogP contribution in [0.15, 0.2) is 39.3 Å². The van der Waals surface area contributed by atoms with E-state index in [9.17, 15) is 5.26 Å². The highest BCUT2D eigenvalue weighted by atomic mass is 32.2. The lowest BCUT2D eigenvalue weighted by Gasteiger charge is -2.20. The molecule has 0 spiro atoms. The van der Waals surface area contributed by atoms with E-state index in [1.54, 1.807) is 24.1 Å². The Hall–Kier alpha value is -1.87. The summed E-state index contributed by atoms with van der Waals surface area (Å²) in [6.45, 7) is 10.2. The lowest BCUT2D eigenvalue weighted by atomic mass is 10.00. The maximum absolute atomic E-state index is 9.57. The number of thioether (sulfide) groups is 1. The van der Waals surface area contributed by atoms with Gasteiger partial charge < -0.3 is 4.74 Å². The van der Waals surface area contributed by atoms with E-state index in [-0.39, 0.29) is 18.0 Å². The van der Waals surface area contributed by atoms with Crippen molar-refractivity contribution in [3.63, 3.8) is 0 Å². The molecular weight excluding hydrogens is 308 g/mol. The molecule has 5 nitrogen and oxygen atoms in total. The van der Waals surface area contributed by atoms with Crippen molar-refractivity contribution >= 4 is 29.0 Å². The Labute approximate surface area is 142 Å². The quantitative estimate of drug-likeness (QED) is 0.725. The summed E-state index contributed by atoms with van der Waals surface area (Å²) in [5.74, 6) is -0.335. The summed E-state index contributed by atoms with van der Waals surface area (Å²) in [5, 5.41) is 10.9. The number of amidine groups is 1. The highest BCUT2D eigenvalue weighted by molar-refractivity contribution is 8.14. The fourth-order valence-corrected chi connectivity index (χ4v) is 3.47. The number of ether oxygens (including phenoxy) is 1. The molecule has 2 rings (SSSR count). The molecule has 0 fully saturated rings. The van der Waals surface area contributed by atoms with E-state index < -0.39 is 0 Å². The first-order valence-corrected chi connectivity index (χ1v) is 8.61. The van der Waals surface area contributed by atoms with E-state index in [4.69, 9.17) is 4.74 Å². The van der Waals surface area contributed by atoms with Crippen LogP contribution in [0.3, 0.4) is 0 Å². The second-order valence-electron chi connectivity index (χ2n) is 5.52. The van der Waals surface area contributed by atoms with Crippen molar-refractivity contribution in [2.75, 3.05) is 6.61 Å². The van der Waals surface area contributed by atoms with Crippen molar-refractivity contribution in [1.29, 1.82) is 5.26 Å². The average Bonchev–Trinajstić information content (AvgIpc) is 2.88. The van der Waals surface area contributed by atoms with Gasteiger partial charge >= 0.3 is 6.02 Å². The van der Waals surface area contributed by atoms with E-state index in [2.05, 4.69) is 41.5 Å². The second-order valence-corrected chi connectivity index (χ2v) is 6.92. The smallest absolute Gasteiger partial charge is 0.311 e. The van der Waals surface area contributed by atoms with Gasteiger partial charge in [-0.2, -0.15) is 5.26 Å². The Morgan fingerprint density at radius 2 is 2.35 bits per heavy atom. The molecule has 0 saturated heterocycles. The van der Waals surface area contributed by atoms with Gasteiger partial charge in [-0.15, -0.1) is 11.8 Å². The highest BCUT2D eigenvalue weighted by Gasteiger charge is 2.34. The van der Waals surface area contributed by atoms with Crippen LogP contribution in [0.2, 0.25) is 0 Å². The average molecular weight is 330 g/mol. The van der Waals surface area contributed by atoms with E-state index >= 15 is 0 Å². The fraction of sp³-hybridized carbons (Fsp3) is 0.529. The molecule has 0 aromatic heterocycles. The molecule has 6 heteroatoms. The summed E-state index contributed by atoms with van der Waals surface area (Å²) < 4.78 is 5.61. The summed E-state index contributed by atoms with van der Waals surface area (Å²) in [7, 11) is 0. The Kier molecular flexibility index (Phi) is 6.17. The molecule has 2 aliphatic rings. The highest BCUT2D eigenvalue weighted by Crippen LogP contribution is 2.32. The number of allylic oxidation sites excluding steroid dienone is 1. The number of nitrogens with zero attached hydrogens (tertiary/aromatic N) is 4. The molecule has 4 unspecified atom stereocenters. The molecule has 23 heavy (non-hydrogen) atoms. The molecule has 0 aromatic carbocycles. The molecule has 2 heterocycles. The number of hydrogen-bond acceptors (Lipinski definition) is 6. The van der Waals surface area contributed by atoms with Gasteiger partial charge in [0.05, 0.1) is 23.2 Å². The van der Waals surface area contributed by atoms with E-state index in [0.717, 1.165) is 10.6 Å². The van der Waals surface area contributed by atoms with Crippen LogP contribution in [0.5, 0.6) is 0 Å². The molecule has 0 amide bonds. The van der Waals surface area contributed by atoms with Gasteiger partial charge in [0, 0.05) is 17.9 Å². The number of nitriles is 1. The SMILES string of the molecule is C=CC(=CC)COC1=NC(C(C#N)C2=NC(C)C(C)S2)CC=N1. The molecule has 122 valence electrons.